The molecule has 5 heteroatoms. The molecule has 0 amide bonds. The summed E-state index contributed by atoms with van der Waals surface area (Å²) in [6, 6.07) is 7.93. The molecule has 2 rings (SSSR count). The smallest absolute Gasteiger partial charge is 0.308 e. The molecule has 3 nitrogen and oxygen atoms in total. The normalized spacial score (nSPS) is 19.1. The molecule has 1 atom stereocenters. The molecule has 0 aliphatic carbocycles. The van der Waals surface area contributed by atoms with Gasteiger partial charge in [-0.3, -0.25) is 4.79 Å². The number of hydrogen-bond acceptors (Lipinski definition) is 4. The van der Waals surface area contributed by atoms with Crippen LogP contribution in [0.25, 0.3) is 0 Å². The largest absolute Gasteiger partial charge is 0.469 e. The van der Waals surface area contributed by atoms with Crippen LogP contribution in [0.2, 0.25) is 5.02 Å². The fourth-order valence-corrected chi connectivity index (χ4v) is 3.43. The standard InChI is InChI=1S/C18H24ClNO2S/c1-18(13-23,15-3-5-16(19)6-4-15)9-12-20-10-7-14(8-11-20)17(21)22-2/h3-6,13-14H,7-12H2,1-2H3. The third-order valence-corrected chi connectivity index (χ3v) is 5.61. The first kappa shape index (κ1) is 18.4. The van der Waals surface area contributed by atoms with Crippen molar-refractivity contribution in [2.24, 2.45) is 5.92 Å². The molecule has 0 spiro atoms. The van der Waals surface area contributed by atoms with Gasteiger partial charge in [-0.25, -0.2) is 0 Å². The van der Waals surface area contributed by atoms with Gasteiger partial charge in [-0.1, -0.05) is 42.9 Å². The molecule has 1 aromatic rings. The van der Waals surface area contributed by atoms with Crippen LogP contribution >= 0.6 is 23.8 Å². The number of carbonyl (C=O) groups excluding carboxylic acids is 1. The van der Waals surface area contributed by atoms with Crippen LogP contribution in [0.4, 0.5) is 0 Å². The lowest BCUT2D eigenvalue weighted by Crippen LogP contribution is -2.39. The van der Waals surface area contributed by atoms with Crippen LogP contribution in [0.5, 0.6) is 0 Å². The first-order chi connectivity index (χ1) is 11.0. The Morgan fingerprint density at radius 3 is 2.52 bits per heavy atom. The van der Waals surface area contributed by atoms with Crippen LogP contribution in [0.1, 0.15) is 31.7 Å². The third-order valence-electron chi connectivity index (χ3n) is 4.83. The van der Waals surface area contributed by atoms with Crippen LogP contribution in [0.15, 0.2) is 24.3 Å². The van der Waals surface area contributed by atoms with Gasteiger partial charge in [0.15, 0.2) is 0 Å². The zero-order valence-corrected chi connectivity index (χ0v) is 15.3. The van der Waals surface area contributed by atoms with Gasteiger partial charge in [-0.2, -0.15) is 0 Å². The third kappa shape index (κ3) is 4.75. The van der Waals surface area contributed by atoms with Gasteiger partial charge in [-0.15, -0.1) is 0 Å². The van der Waals surface area contributed by atoms with E-state index in [-0.39, 0.29) is 17.3 Å². The van der Waals surface area contributed by atoms with E-state index in [4.69, 9.17) is 28.6 Å². The molecule has 0 saturated carbocycles. The minimum absolute atomic E-state index is 0.0596. The van der Waals surface area contributed by atoms with E-state index in [0.29, 0.717) is 0 Å². The number of benzene rings is 1. The molecule has 23 heavy (non-hydrogen) atoms. The SMILES string of the molecule is COC(=O)C1CCN(CCC(C)(C=S)c2ccc(Cl)cc2)CC1. The zero-order chi connectivity index (χ0) is 16.9. The predicted molar refractivity (Wildman–Crippen MR) is 98.3 cm³/mol. The van der Waals surface area contributed by atoms with Crippen molar-refractivity contribution >= 4 is 35.2 Å². The highest BCUT2D eigenvalue weighted by Crippen LogP contribution is 2.28. The summed E-state index contributed by atoms with van der Waals surface area (Å²) in [5.41, 5.74) is 1.06. The maximum absolute atomic E-state index is 11.6. The maximum atomic E-state index is 11.6. The molecule has 126 valence electrons. The topological polar surface area (TPSA) is 29.5 Å². The molecule has 0 bridgehead atoms. The number of halogens is 1. The van der Waals surface area contributed by atoms with E-state index in [1.165, 1.54) is 12.7 Å². The summed E-state index contributed by atoms with van der Waals surface area (Å²) in [5, 5.41) is 2.60. The summed E-state index contributed by atoms with van der Waals surface area (Å²) in [6.07, 6.45) is 2.71. The van der Waals surface area contributed by atoms with Gasteiger partial charge in [0, 0.05) is 10.4 Å². The van der Waals surface area contributed by atoms with E-state index >= 15 is 0 Å². The Morgan fingerprint density at radius 1 is 1.39 bits per heavy atom. The summed E-state index contributed by atoms with van der Waals surface area (Å²) in [7, 11) is 1.46. The van der Waals surface area contributed by atoms with Gasteiger partial charge in [0.2, 0.25) is 0 Å². The first-order valence-corrected chi connectivity index (χ1v) is 8.86. The van der Waals surface area contributed by atoms with Crippen molar-refractivity contribution in [3.8, 4) is 0 Å². The molecular weight excluding hydrogens is 330 g/mol. The maximum Gasteiger partial charge on any atom is 0.308 e. The van der Waals surface area contributed by atoms with E-state index in [0.717, 1.165) is 43.9 Å². The minimum Gasteiger partial charge on any atom is -0.469 e. The molecule has 1 heterocycles. The molecule has 0 radical (unpaired) electrons. The number of methoxy groups -OCH3 is 1. The summed E-state index contributed by atoms with van der Waals surface area (Å²) in [6.45, 7) is 5.02. The monoisotopic (exact) mass is 353 g/mol. The van der Waals surface area contributed by atoms with Crippen molar-refractivity contribution in [2.75, 3.05) is 26.7 Å². The Kier molecular flexibility index (Phi) is 6.57. The highest BCUT2D eigenvalue weighted by Gasteiger charge is 2.28. The fourth-order valence-electron chi connectivity index (χ4n) is 3.05. The quantitative estimate of drug-likeness (QED) is 0.573. The van der Waals surface area contributed by atoms with E-state index in [2.05, 4.69) is 24.0 Å². The van der Waals surface area contributed by atoms with Crippen LogP contribution in [0.3, 0.4) is 0 Å². The Morgan fingerprint density at radius 2 is 2.00 bits per heavy atom. The molecule has 1 aromatic carbocycles. The second-order valence-corrected chi connectivity index (χ2v) is 7.10. The molecule has 1 aliphatic heterocycles. The average Bonchev–Trinajstić information content (AvgIpc) is 2.60. The molecule has 0 N–H and O–H groups in total. The number of carbonyl (C=O) groups is 1. The van der Waals surface area contributed by atoms with Gasteiger partial charge in [0.1, 0.15) is 0 Å². The molecular formula is C18H24ClNO2S. The number of esters is 1. The zero-order valence-electron chi connectivity index (χ0n) is 13.8. The number of rotatable bonds is 6. The number of thiocarbonyl (C=S) groups is 1. The second kappa shape index (κ2) is 8.22. The number of piperidine rings is 1. The molecule has 0 aromatic heterocycles. The van der Waals surface area contributed by atoms with Crippen molar-refractivity contribution in [1.82, 2.24) is 4.90 Å². The van der Waals surface area contributed by atoms with Crippen molar-refractivity contribution < 1.29 is 9.53 Å². The fraction of sp³-hybridized carbons (Fsp3) is 0.556. The predicted octanol–water partition coefficient (Wildman–Crippen LogP) is 3.87. The van der Waals surface area contributed by atoms with E-state index < -0.39 is 0 Å². The lowest BCUT2D eigenvalue weighted by atomic mass is 9.81. The molecule has 1 aliphatic rings. The first-order valence-electron chi connectivity index (χ1n) is 8.01. The van der Waals surface area contributed by atoms with Crippen LogP contribution in [-0.4, -0.2) is 43.0 Å². The molecule has 1 saturated heterocycles. The minimum atomic E-state index is -0.140. The lowest BCUT2D eigenvalue weighted by Gasteiger charge is -2.34. The molecule has 1 fully saturated rings. The van der Waals surface area contributed by atoms with Crippen LogP contribution < -0.4 is 0 Å². The Bertz CT molecular complexity index is 540. The van der Waals surface area contributed by atoms with Crippen molar-refractivity contribution in [3.05, 3.63) is 34.9 Å². The highest BCUT2D eigenvalue weighted by atomic mass is 35.5. The summed E-state index contributed by atoms with van der Waals surface area (Å²) < 4.78 is 4.84. The Labute approximate surface area is 149 Å². The average molecular weight is 354 g/mol. The highest BCUT2D eigenvalue weighted by molar-refractivity contribution is 7.79. The van der Waals surface area contributed by atoms with Crippen molar-refractivity contribution in [2.45, 2.75) is 31.6 Å². The second-order valence-electron chi connectivity index (χ2n) is 6.43. The Hall–Kier alpha value is -0.970. The molecule has 1 unspecified atom stereocenters. The van der Waals surface area contributed by atoms with Crippen molar-refractivity contribution in [1.29, 1.82) is 0 Å². The van der Waals surface area contributed by atoms with Gasteiger partial charge in [0.05, 0.1) is 13.0 Å². The van der Waals surface area contributed by atoms with Crippen LogP contribution in [0, 0.1) is 5.92 Å². The number of nitrogens with zero attached hydrogens (tertiary/aromatic N) is 1. The van der Waals surface area contributed by atoms with Gasteiger partial charge >= 0.3 is 5.97 Å². The van der Waals surface area contributed by atoms with E-state index in [1.807, 2.05) is 17.5 Å². The summed E-state index contributed by atoms with van der Waals surface area (Å²) >= 11 is 11.3. The van der Waals surface area contributed by atoms with Gasteiger partial charge in [-0.05, 0) is 62.0 Å². The number of ether oxygens (including phenoxy) is 1. The summed E-state index contributed by atoms with van der Waals surface area (Å²) in [5.74, 6) is -0.0149. The van der Waals surface area contributed by atoms with Gasteiger partial charge < -0.3 is 9.64 Å². The summed E-state index contributed by atoms with van der Waals surface area (Å²) in [4.78, 5) is 14.0. The van der Waals surface area contributed by atoms with Crippen molar-refractivity contribution in [3.63, 3.8) is 0 Å². The van der Waals surface area contributed by atoms with Gasteiger partial charge in [0.25, 0.3) is 0 Å². The van der Waals surface area contributed by atoms with Crippen LogP contribution in [-0.2, 0) is 14.9 Å². The number of likely N-dealkylation sites (tertiary alicyclic amines) is 1. The number of hydrogen-bond donors (Lipinski definition) is 0. The van der Waals surface area contributed by atoms with E-state index in [9.17, 15) is 4.79 Å². The van der Waals surface area contributed by atoms with E-state index in [1.54, 1.807) is 0 Å². The Balaban J connectivity index is 1.90. The lowest BCUT2D eigenvalue weighted by molar-refractivity contribution is -0.147.